The molecule has 1 aliphatic carbocycles. The topological polar surface area (TPSA) is 90.9 Å². The van der Waals surface area contributed by atoms with Crippen molar-refractivity contribution in [2.24, 2.45) is 0 Å². The molecular weight excluding hydrogens is 558 g/mol. The average molecular weight is 602 g/mol. The van der Waals surface area contributed by atoms with Crippen LogP contribution in [0.1, 0.15) is 69.5 Å². The zero-order valence-corrected chi connectivity index (χ0v) is 26.0. The Morgan fingerprint density at radius 3 is 2.49 bits per heavy atom. The number of nitrogens with zero attached hydrogens (tertiary/aromatic N) is 1. The fourth-order valence-electron chi connectivity index (χ4n) is 6.28. The Morgan fingerprint density at radius 1 is 1.00 bits per heavy atom. The van der Waals surface area contributed by atoms with Crippen LogP contribution in [-0.4, -0.2) is 65.8 Å². The van der Waals surface area contributed by atoms with Crippen LogP contribution in [0, 0.1) is 6.92 Å². The molecule has 1 saturated heterocycles. The van der Waals surface area contributed by atoms with Crippen LogP contribution >= 0.6 is 11.8 Å². The Morgan fingerprint density at radius 2 is 1.77 bits per heavy atom. The second kappa shape index (κ2) is 14.4. The molecule has 5 rings (SSSR count). The van der Waals surface area contributed by atoms with E-state index >= 15 is 0 Å². The van der Waals surface area contributed by atoms with Crippen LogP contribution in [0.3, 0.4) is 0 Å². The van der Waals surface area contributed by atoms with E-state index in [0.29, 0.717) is 36.5 Å². The van der Waals surface area contributed by atoms with Gasteiger partial charge in [0.15, 0.2) is 0 Å². The molecule has 8 heteroatoms. The van der Waals surface area contributed by atoms with E-state index in [0.717, 1.165) is 53.9 Å². The number of aryl methyl sites for hydroxylation is 1. The van der Waals surface area contributed by atoms with Crippen molar-refractivity contribution in [3.05, 3.63) is 101 Å². The minimum atomic E-state index is -0.846. The van der Waals surface area contributed by atoms with Crippen LogP contribution in [0.4, 0.5) is 0 Å². The summed E-state index contributed by atoms with van der Waals surface area (Å²) < 4.78 is 5.52. The molecule has 3 aromatic carbocycles. The highest BCUT2D eigenvalue weighted by Crippen LogP contribution is 2.38. The number of aliphatic hydroxyl groups is 1. The van der Waals surface area contributed by atoms with Gasteiger partial charge in [0, 0.05) is 35.5 Å². The van der Waals surface area contributed by atoms with E-state index in [9.17, 15) is 14.7 Å². The van der Waals surface area contributed by atoms with Crippen molar-refractivity contribution in [2.45, 2.75) is 63.1 Å². The smallest absolute Gasteiger partial charge is 0.254 e. The highest BCUT2D eigenvalue weighted by Gasteiger charge is 2.35. The number of nitrogens with one attached hydrogen (secondary N) is 2. The molecule has 1 aliphatic heterocycles. The predicted molar refractivity (Wildman–Crippen MR) is 173 cm³/mol. The summed E-state index contributed by atoms with van der Waals surface area (Å²) in [6.07, 6.45) is 4.98. The Balaban J connectivity index is 1.35. The number of carbonyl (C=O) groups is 2. The molecule has 0 bridgehead atoms. The molecule has 43 heavy (non-hydrogen) atoms. The van der Waals surface area contributed by atoms with Gasteiger partial charge in [0.1, 0.15) is 5.75 Å². The lowest BCUT2D eigenvalue weighted by Crippen LogP contribution is -2.53. The first kappa shape index (κ1) is 31.1. The molecule has 3 aromatic rings. The number of hydrogen-bond donors (Lipinski definition) is 3. The Bertz CT molecular complexity index is 1390. The maximum atomic E-state index is 13.7. The molecule has 0 unspecified atom stereocenters. The largest absolute Gasteiger partial charge is 0.497 e. The quantitative estimate of drug-likeness (QED) is 0.276. The summed E-state index contributed by atoms with van der Waals surface area (Å²) in [5.41, 5.74) is 3.71. The number of aliphatic hydroxyl groups excluding tert-OH is 1. The van der Waals surface area contributed by atoms with Crippen molar-refractivity contribution in [1.29, 1.82) is 0 Å². The number of ether oxygens (including phenoxy) is 1. The summed E-state index contributed by atoms with van der Waals surface area (Å²) in [7, 11) is 1.68. The number of methoxy groups -OCH3 is 1. The molecule has 2 fully saturated rings. The highest BCUT2D eigenvalue weighted by atomic mass is 32.2. The first-order valence-corrected chi connectivity index (χ1v) is 16.4. The van der Waals surface area contributed by atoms with Crippen molar-refractivity contribution >= 4 is 23.6 Å². The third kappa shape index (κ3) is 7.80. The molecule has 7 nitrogen and oxygen atoms in total. The molecule has 1 saturated carbocycles. The van der Waals surface area contributed by atoms with Gasteiger partial charge in [-0.3, -0.25) is 9.59 Å². The lowest BCUT2D eigenvalue weighted by molar-refractivity contribution is 0.0788. The van der Waals surface area contributed by atoms with Crippen molar-refractivity contribution in [2.75, 3.05) is 31.8 Å². The average Bonchev–Trinajstić information content (AvgIpc) is 3.59. The maximum absolute atomic E-state index is 13.7. The van der Waals surface area contributed by atoms with Crippen molar-refractivity contribution in [3.63, 3.8) is 0 Å². The first-order chi connectivity index (χ1) is 20.9. The third-order valence-electron chi connectivity index (χ3n) is 8.68. The van der Waals surface area contributed by atoms with E-state index in [1.807, 2.05) is 60.4 Å². The number of carbonyl (C=O) groups excluding carboxylic acids is 2. The maximum Gasteiger partial charge on any atom is 0.254 e. The number of amides is 2. The summed E-state index contributed by atoms with van der Waals surface area (Å²) in [4.78, 5) is 28.6. The molecular formula is C35H43N3O4S. The number of benzene rings is 3. The standard InChI is InChI=1S/C35H43N3O4S/c1-25-18-27(21-28(19-25)34(41)38-16-17-43-24-38)33(40)37-31(20-26-10-5-3-6-11-26)32(39)23-36-35(14-7-4-8-15-35)29-12-9-13-30(22-29)42-2/h3,5-6,9-13,18-19,21-22,31-32,36,39H,4,7-8,14-17,20,23-24H2,1-2H3,(H,37,40)/t31-,32+/m0/s1. The van der Waals surface area contributed by atoms with Gasteiger partial charge in [0.25, 0.3) is 11.8 Å². The molecule has 2 aliphatic rings. The fourth-order valence-corrected chi connectivity index (χ4v) is 7.23. The fraction of sp³-hybridized carbons (Fsp3) is 0.429. The second-order valence-corrected chi connectivity index (χ2v) is 12.9. The third-order valence-corrected chi connectivity index (χ3v) is 9.65. The van der Waals surface area contributed by atoms with Gasteiger partial charge < -0.3 is 25.4 Å². The van der Waals surface area contributed by atoms with E-state index in [1.165, 1.54) is 6.42 Å². The molecule has 0 spiro atoms. The van der Waals surface area contributed by atoms with Crippen LogP contribution in [0.2, 0.25) is 0 Å². The number of thioether (sulfide) groups is 1. The van der Waals surface area contributed by atoms with Gasteiger partial charge in [-0.1, -0.05) is 61.7 Å². The summed E-state index contributed by atoms with van der Waals surface area (Å²) >= 11 is 1.73. The van der Waals surface area contributed by atoms with Crippen LogP contribution < -0.4 is 15.4 Å². The van der Waals surface area contributed by atoms with Crippen LogP contribution in [0.25, 0.3) is 0 Å². The minimum Gasteiger partial charge on any atom is -0.497 e. The van der Waals surface area contributed by atoms with Gasteiger partial charge in [0.05, 0.1) is 25.1 Å². The molecule has 2 amide bonds. The summed E-state index contributed by atoms with van der Waals surface area (Å²) in [6, 6.07) is 22.9. The van der Waals surface area contributed by atoms with Crippen molar-refractivity contribution < 1.29 is 19.4 Å². The molecule has 228 valence electrons. The molecule has 0 aromatic heterocycles. The van der Waals surface area contributed by atoms with E-state index in [1.54, 1.807) is 31.0 Å². The van der Waals surface area contributed by atoms with Crippen LogP contribution in [0.5, 0.6) is 5.75 Å². The normalized spacial score (nSPS) is 17.7. The highest BCUT2D eigenvalue weighted by molar-refractivity contribution is 7.99. The van der Waals surface area contributed by atoms with Crippen molar-refractivity contribution in [1.82, 2.24) is 15.5 Å². The zero-order chi connectivity index (χ0) is 30.2. The van der Waals surface area contributed by atoms with Gasteiger partial charge in [0.2, 0.25) is 0 Å². The van der Waals surface area contributed by atoms with E-state index in [4.69, 9.17) is 4.74 Å². The SMILES string of the molecule is COc1cccc(C2(NC[C@@H](O)[C@H](Cc3ccccc3)NC(=O)c3cc(C)cc(C(=O)N4CCSC4)c3)CCCCC2)c1. The lowest BCUT2D eigenvalue weighted by atomic mass is 9.76. The van der Waals surface area contributed by atoms with E-state index < -0.39 is 12.1 Å². The second-order valence-electron chi connectivity index (χ2n) is 11.8. The van der Waals surface area contributed by atoms with E-state index in [-0.39, 0.29) is 17.4 Å². The zero-order valence-electron chi connectivity index (χ0n) is 25.2. The Kier molecular flexibility index (Phi) is 10.4. The number of hydrogen-bond acceptors (Lipinski definition) is 6. The number of rotatable bonds is 11. The van der Waals surface area contributed by atoms with Gasteiger partial charge in [-0.15, -0.1) is 11.8 Å². The Labute approximate surface area is 259 Å². The van der Waals surface area contributed by atoms with Gasteiger partial charge >= 0.3 is 0 Å². The van der Waals surface area contributed by atoms with E-state index in [2.05, 4.69) is 22.8 Å². The Hall–Kier alpha value is -3.33. The van der Waals surface area contributed by atoms with Crippen molar-refractivity contribution in [3.8, 4) is 5.75 Å². The minimum absolute atomic E-state index is 0.0526. The van der Waals surface area contributed by atoms with Crippen LogP contribution in [0.15, 0.2) is 72.8 Å². The predicted octanol–water partition coefficient (Wildman–Crippen LogP) is 5.30. The van der Waals surface area contributed by atoms with Gasteiger partial charge in [-0.25, -0.2) is 0 Å². The molecule has 3 N–H and O–H groups in total. The monoisotopic (exact) mass is 601 g/mol. The van der Waals surface area contributed by atoms with Gasteiger partial charge in [-0.05, 0) is 73.2 Å². The van der Waals surface area contributed by atoms with Gasteiger partial charge in [-0.2, -0.15) is 0 Å². The molecule has 0 radical (unpaired) electrons. The van der Waals surface area contributed by atoms with Crippen LogP contribution in [-0.2, 0) is 12.0 Å². The lowest BCUT2D eigenvalue weighted by Gasteiger charge is -2.40. The summed E-state index contributed by atoms with van der Waals surface area (Å²) in [5.74, 6) is 2.07. The molecule has 1 heterocycles. The molecule has 2 atom stereocenters. The summed E-state index contributed by atoms with van der Waals surface area (Å²) in [6.45, 7) is 2.93. The first-order valence-electron chi connectivity index (χ1n) is 15.3. The summed E-state index contributed by atoms with van der Waals surface area (Å²) in [5, 5.41) is 18.5.